The number of anilines is 1. The number of carbonyl (C=O) groups excluding carboxylic acids is 2. The molecule has 8 nitrogen and oxygen atoms in total. The lowest BCUT2D eigenvalue weighted by atomic mass is 10.1. The van der Waals surface area contributed by atoms with E-state index in [1.807, 2.05) is 78.5 Å². The van der Waals surface area contributed by atoms with Gasteiger partial charge in [0.05, 0.1) is 30.1 Å². The van der Waals surface area contributed by atoms with Gasteiger partial charge in [-0.05, 0) is 48.9 Å². The van der Waals surface area contributed by atoms with Crippen molar-refractivity contribution in [2.45, 2.75) is 19.9 Å². The summed E-state index contributed by atoms with van der Waals surface area (Å²) in [6, 6.07) is 19.3. The second-order valence-electron chi connectivity index (χ2n) is 8.82. The van der Waals surface area contributed by atoms with E-state index in [0.29, 0.717) is 24.5 Å². The zero-order valence-corrected chi connectivity index (χ0v) is 20.2. The van der Waals surface area contributed by atoms with Gasteiger partial charge < -0.3 is 15.0 Å². The molecule has 1 aliphatic heterocycles. The van der Waals surface area contributed by atoms with Crippen LogP contribution in [0.1, 0.15) is 17.5 Å². The van der Waals surface area contributed by atoms with Crippen molar-refractivity contribution in [1.29, 1.82) is 0 Å². The largest absolute Gasteiger partial charge is 0.495 e. The van der Waals surface area contributed by atoms with Gasteiger partial charge in [0.25, 0.3) is 0 Å². The van der Waals surface area contributed by atoms with Crippen molar-refractivity contribution in [1.82, 2.24) is 20.1 Å². The predicted molar refractivity (Wildman–Crippen MR) is 137 cm³/mol. The van der Waals surface area contributed by atoms with Crippen LogP contribution in [0.2, 0.25) is 0 Å². The van der Waals surface area contributed by atoms with Crippen molar-refractivity contribution >= 4 is 17.5 Å². The van der Waals surface area contributed by atoms with Crippen LogP contribution in [0.4, 0.5) is 5.69 Å². The third kappa shape index (κ3) is 4.70. The van der Waals surface area contributed by atoms with Gasteiger partial charge in [0.15, 0.2) is 0 Å². The van der Waals surface area contributed by atoms with Crippen LogP contribution in [-0.4, -0.2) is 40.2 Å². The highest BCUT2D eigenvalue weighted by molar-refractivity contribution is 6.01. The smallest absolute Gasteiger partial charge is 0.227 e. The summed E-state index contributed by atoms with van der Waals surface area (Å²) in [6.45, 7) is 2.57. The molecule has 0 spiro atoms. The fourth-order valence-corrected chi connectivity index (χ4v) is 4.46. The minimum Gasteiger partial charge on any atom is -0.495 e. The van der Waals surface area contributed by atoms with Gasteiger partial charge in [-0.1, -0.05) is 24.3 Å². The fraction of sp³-hybridized carbons (Fsp3) is 0.214. The Morgan fingerprint density at radius 1 is 1.11 bits per heavy atom. The van der Waals surface area contributed by atoms with Gasteiger partial charge >= 0.3 is 0 Å². The van der Waals surface area contributed by atoms with Gasteiger partial charge in [0.2, 0.25) is 11.8 Å². The molecule has 5 rings (SSSR count). The van der Waals surface area contributed by atoms with Crippen molar-refractivity contribution in [3.05, 3.63) is 90.4 Å². The number of amides is 2. The molecule has 0 saturated carbocycles. The van der Waals surface area contributed by atoms with Crippen LogP contribution in [-0.2, 0) is 16.1 Å². The molecule has 0 bridgehead atoms. The Hall–Kier alpha value is -4.46. The molecule has 1 fully saturated rings. The molecular weight excluding hydrogens is 454 g/mol. The third-order valence-corrected chi connectivity index (χ3v) is 6.34. The average Bonchev–Trinajstić information content (AvgIpc) is 3.52. The van der Waals surface area contributed by atoms with Crippen molar-refractivity contribution in [3.8, 4) is 22.7 Å². The number of hydrogen-bond acceptors (Lipinski definition) is 5. The van der Waals surface area contributed by atoms with Gasteiger partial charge in [-0.2, -0.15) is 5.10 Å². The van der Waals surface area contributed by atoms with E-state index >= 15 is 0 Å². The maximum Gasteiger partial charge on any atom is 0.227 e. The first kappa shape index (κ1) is 23.3. The Labute approximate surface area is 209 Å². The number of pyridine rings is 1. The average molecular weight is 482 g/mol. The van der Waals surface area contributed by atoms with Gasteiger partial charge in [0, 0.05) is 49.2 Å². The topological polar surface area (TPSA) is 89.3 Å². The molecule has 1 saturated heterocycles. The first-order valence-electron chi connectivity index (χ1n) is 11.8. The van der Waals surface area contributed by atoms with Crippen LogP contribution in [0.5, 0.6) is 5.75 Å². The highest BCUT2D eigenvalue weighted by Gasteiger charge is 2.36. The van der Waals surface area contributed by atoms with Gasteiger partial charge in [-0.25, -0.2) is 4.68 Å². The highest BCUT2D eigenvalue weighted by Crippen LogP contribution is 2.34. The zero-order chi connectivity index (χ0) is 25.1. The van der Waals surface area contributed by atoms with E-state index in [0.717, 1.165) is 28.1 Å². The lowest BCUT2D eigenvalue weighted by Crippen LogP contribution is -2.32. The van der Waals surface area contributed by atoms with E-state index in [9.17, 15) is 9.59 Å². The van der Waals surface area contributed by atoms with E-state index in [-0.39, 0.29) is 18.2 Å². The van der Waals surface area contributed by atoms with Crippen molar-refractivity contribution in [2.75, 3.05) is 18.6 Å². The molecule has 2 aromatic heterocycles. The molecule has 4 aromatic rings. The number of nitrogens with one attached hydrogen (secondary N) is 1. The number of rotatable bonds is 7. The summed E-state index contributed by atoms with van der Waals surface area (Å²) >= 11 is 0. The molecule has 1 aliphatic rings. The summed E-state index contributed by atoms with van der Waals surface area (Å²) in [5.41, 5.74) is 5.20. The van der Waals surface area contributed by atoms with Crippen LogP contribution in [0, 0.1) is 12.8 Å². The normalized spacial score (nSPS) is 15.2. The summed E-state index contributed by atoms with van der Waals surface area (Å²) < 4.78 is 7.26. The van der Waals surface area contributed by atoms with Crippen LogP contribution < -0.4 is 15.0 Å². The lowest BCUT2D eigenvalue weighted by molar-refractivity contribution is -0.126. The number of aryl methyl sites for hydroxylation is 1. The molecule has 1 N–H and O–H groups in total. The van der Waals surface area contributed by atoms with E-state index in [4.69, 9.17) is 9.84 Å². The zero-order valence-electron chi connectivity index (χ0n) is 20.2. The molecule has 36 heavy (non-hydrogen) atoms. The second kappa shape index (κ2) is 10.0. The number of para-hydroxylation sites is 1. The summed E-state index contributed by atoms with van der Waals surface area (Å²) in [7, 11) is 1.58. The first-order chi connectivity index (χ1) is 17.5. The van der Waals surface area contributed by atoms with Gasteiger partial charge in [-0.3, -0.25) is 14.6 Å². The molecule has 0 radical (unpaired) electrons. The maximum absolute atomic E-state index is 13.1. The lowest BCUT2D eigenvalue weighted by Gasteiger charge is -2.20. The van der Waals surface area contributed by atoms with Gasteiger partial charge in [0.1, 0.15) is 5.75 Å². The molecule has 2 amide bonds. The number of methoxy groups -OCH3 is 1. The van der Waals surface area contributed by atoms with Crippen LogP contribution in [0.15, 0.2) is 79.3 Å². The van der Waals surface area contributed by atoms with E-state index in [2.05, 4.69) is 10.3 Å². The Morgan fingerprint density at radius 2 is 1.89 bits per heavy atom. The quantitative estimate of drug-likeness (QED) is 0.432. The van der Waals surface area contributed by atoms with E-state index in [1.54, 1.807) is 24.4 Å². The minimum absolute atomic E-state index is 0.0894. The summed E-state index contributed by atoms with van der Waals surface area (Å²) in [4.78, 5) is 31.7. The number of benzene rings is 2. The monoisotopic (exact) mass is 481 g/mol. The van der Waals surface area contributed by atoms with Crippen LogP contribution in [0.3, 0.4) is 0 Å². The Kier molecular flexibility index (Phi) is 6.49. The second-order valence-corrected chi connectivity index (χ2v) is 8.82. The Balaban J connectivity index is 1.34. The number of hydrogen-bond donors (Lipinski definition) is 1. The van der Waals surface area contributed by atoms with Crippen molar-refractivity contribution in [2.24, 2.45) is 5.92 Å². The molecule has 182 valence electrons. The molecule has 8 heteroatoms. The molecule has 3 heterocycles. The number of carbonyl (C=O) groups is 2. The van der Waals surface area contributed by atoms with Crippen molar-refractivity contribution in [3.63, 3.8) is 0 Å². The number of ether oxygens (including phenoxy) is 1. The van der Waals surface area contributed by atoms with Crippen LogP contribution in [0.25, 0.3) is 16.9 Å². The highest BCUT2D eigenvalue weighted by atomic mass is 16.5. The molecule has 1 atom stereocenters. The number of nitrogens with zero attached hydrogens (tertiary/aromatic N) is 4. The van der Waals surface area contributed by atoms with E-state index < -0.39 is 5.92 Å². The predicted octanol–water partition coefficient (Wildman–Crippen LogP) is 3.92. The van der Waals surface area contributed by atoms with E-state index in [1.165, 1.54) is 0 Å². The summed E-state index contributed by atoms with van der Waals surface area (Å²) in [5, 5.41) is 7.81. The molecular formula is C28H27N5O3. The summed E-state index contributed by atoms with van der Waals surface area (Å²) in [5.74, 6) is -0.0828. The van der Waals surface area contributed by atoms with Crippen molar-refractivity contribution < 1.29 is 14.3 Å². The molecule has 2 aromatic carbocycles. The first-order valence-corrected chi connectivity index (χ1v) is 11.8. The fourth-order valence-electron chi connectivity index (χ4n) is 4.46. The molecule has 1 unspecified atom stereocenters. The Morgan fingerprint density at radius 3 is 2.64 bits per heavy atom. The SMILES string of the molecule is COc1ccc(C)cc1N1CC(C(=O)NCc2cn(-c3ccccc3)nc2-c2ccncc2)CC1=O. The third-order valence-electron chi connectivity index (χ3n) is 6.34. The standard InChI is InChI=1S/C28H27N5O3/c1-19-8-9-25(36-2)24(14-19)32-17-21(15-26(32)34)28(35)30-16-22-18-33(23-6-4-3-5-7-23)31-27(22)20-10-12-29-13-11-20/h3-14,18,21H,15-17H2,1-2H3,(H,30,35). The van der Waals surface area contributed by atoms with Crippen LogP contribution >= 0.6 is 0 Å². The minimum atomic E-state index is -0.448. The summed E-state index contributed by atoms with van der Waals surface area (Å²) in [6.07, 6.45) is 5.52. The maximum atomic E-state index is 13.1. The number of aromatic nitrogens is 3. The Bertz CT molecular complexity index is 1390. The van der Waals surface area contributed by atoms with Gasteiger partial charge in [-0.15, -0.1) is 0 Å². The molecule has 0 aliphatic carbocycles.